The number of rotatable bonds is 2. The molecule has 5 nitrogen and oxygen atoms in total. The minimum absolute atomic E-state index is 0.00319. The predicted molar refractivity (Wildman–Crippen MR) is 97.0 cm³/mol. The Morgan fingerprint density at radius 3 is 2.81 bits per heavy atom. The van der Waals surface area contributed by atoms with Crippen molar-refractivity contribution in [1.82, 2.24) is 4.90 Å². The van der Waals surface area contributed by atoms with Crippen LogP contribution in [0.25, 0.3) is 0 Å². The van der Waals surface area contributed by atoms with Crippen LogP contribution in [0.4, 0.5) is 0 Å². The lowest BCUT2D eigenvalue weighted by Gasteiger charge is -2.34. The molecule has 2 aromatic rings. The van der Waals surface area contributed by atoms with Gasteiger partial charge in [0.25, 0.3) is 5.91 Å². The van der Waals surface area contributed by atoms with Crippen molar-refractivity contribution in [3.05, 3.63) is 59.2 Å². The summed E-state index contributed by atoms with van der Waals surface area (Å²) < 4.78 is 11.4. The van der Waals surface area contributed by atoms with Gasteiger partial charge in [0.2, 0.25) is 0 Å². The van der Waals surface area contributed by atoms with Gasteiger partial charge < -0.3 is 14.4 Å². The molecule has 134 valence electrons. The van der Waals surface area contributed by atoms with Crippen LogP contribution in [0.1, 0.15) is 39.1 Å². The van der Waals surface area contributed by atoms with Gasteiger partial charge >= 0.3 is 0 Å². The first kappa shape index (κ1) is 16.6. The van der Waals surface area contributed by atoms with Gasteiger partial charge in [0.15, 0.2) is 5.78 Å². The second kappa shape index (κ2) is 6.16. The Labute approximate surface area is 152 Å². The van der Waals surface area contributed by atoms with Crippen LogP contribution in [0.5, 0.6) is 11.5 Å². The molecule has 26 heavy (non-hydrogen) atoms. The topological polar surface area (TPSA) is 55.8 Å². The number of hydrogen-bond donors (Lipinski definition) is 0. The third-order valence-electron chi connectivity index (χ3n) is 5.28. The molecule has 4 rings (SSSR count). The maximum absolute atomic E-state index is 12.9. The van der Waals surface area contributed by atoms with Crippen LogP contribution in [0, 0.1) is 6.92 Å². The van der Waals surface area contributed by atoms with Gasteiger partial charge in [0.1, 0.15) is 17.1 Å². The molecule has 0 radical (unpaired) electrons. The van der Waals surface area contributed by atoms with E-state index in [1.807, 2.05) is 31.2 Å². The summed E-state index contributed by atoms with van der Waals surface area (Å²) in [7, 11) is 1.57. The van der Waals surface area contributed by atoms with Gasteiger partial charge in [0.05, 0.1) is 25.6 Å². The SMILES string of the molecule is COc1ccc2c(c1)C(=O)CC1(CCN(C(=O)c3ccccc3C)C1)O2. The smallest absolute Gasteiger partial charge is 0.254 e. The number of hydrogen-bond acceptors (Lipinski definition) is 4. The molecule has 2 heterocycles. The van der Waals surface area contributed by atoms with Crippen molar-refractivity contribution in [2.45, 2.75) is 25.4 Å². The van der Waals surface area contributed by atoms with Crippen molar-refractivity contribution < 1.29 is 19.1 Å². The number of Topliss-reactive ketones (excluding diaryl/α,β-unsaturated/α-hetero) is 1. The largest absolute Gasteiger partial charge is 0.497 e. The van der Waals surface area contributed by atoms with Gasteiger partial charge in [-0.3, -0.25) is 9.59 Å². The van der Waals surface area contributed by atoms with E-state index < -0.39 is 5.60 Å². The van der Waals surface area contributed by atoms with E-state index in [-0.39, 0.29) is 18.1 Å². The van der Waals surface area contributed by atoms with Crippen LogP contribution in [0.3, 0.4) is 0 Å². The molecule has 0 saturated carbocycles. The van der Waals surface area contributed by atoms with E-state index in [2.05, 4.69) is 0 Å². The number of methoxy groups -OCH3 is 1. The summed E-state index contributed by atoms with van der Waals surface area (Å²) in [5.41, 5.74) is 1.59. The Bertz CT molecular complexity index is 891. The second-order valence-electron chi connectivity index (χ2n) is 7.04. The van der Waals surface area contributed by atoms with Crippen LogP contribution in [0.2, 0.25) is 0 Å². The summed E-state index contributed by atoms with van der Waals surface area (Å²) in [6.45, 7) is 2.95. The molecular weight excluding hydrogens is 330 g/mol. The molecule has 2 aromatic carbocycles. The monoisotopic (exact) mass is 351 g/mol. The summed E-state index contributed by atoms with van der Waals surface area (Å²) >= 11 is 0. The fourth-order valence-corrected chi connectivity index (χ4v) is 3.83. The molecule has 1 amide bonds. The Morgan fingerprint density at radius 2 is 2.04 bits per heavy atom. The molecule has 0 aromatic heterocycles. The Hall–Kier alpha value is -2.82. The second-order valence-corrected chi connectivity index (χ2v) is 7.04. The summed E-state index contributed by atoms with van der Waals surface area (Å²) in [6.07, 6.45) is 0.937. The van der Waals surface area contributed by atoms with Crippen LogP contribution >= 0.6 is 0 Å². The fourth-order valence-electron chi connectivity index (χ4n) is 3.83. The molecule has 1 fully saturated rings. The van der Waals surface area contributed by atoms with E-state index in [1.165, 1.54) is 0 Å². The van der Waals surface area contributed by atoms with Gasteiger partial charge in [-0.2, -0.15) is 0 Å². The maximum atomic E-state index is 12.9. The third kappa shape index (κ3) is 2.73. The third-order valence-corrected chi connectivity index (χ3v) is 5.28. The highest BCUT2D eigenvalue weighted by Crippen LogP contribution is 2.40. The predicted octanol–water partition coefficient (Wildman–Crippen LogP) is 3.25. The Morgan fingerprint density at radius 1 is 1.23 bits per heavy atom. The minimum Gasteiger partial charge on any atom is -0.497 e. The summed E-state index contributed by atoms with van der Waals surface area (Å²) in [5, 5.41) is 0. The summed E-state index contributed by atoms with van der Waals surface area (Å²) in [4.78, 5) is 27.3. The maximum Gasteiger partial charge on any atom is 0.254 e. The average Bonchev–Trinajstić information content (AvgIpc) is 3.04. The van der Waals surface area contributed by atoms with E-state index in [0.717, 1.165) is 5.56 Å². The first-order chi connectivity index (χ1) is 12.5. The fraction of sp³-hybridized carbons (Fsp3) is 0.333. The van der Waals surface area contributed by atoms with Gasteiger partial charge in [-0.05, 0) is 36.8 Å². The molecule has 0 aliphatic carbocycles. The summed E-state index contributed by atoms with van der Waals surface area (Å²) in [6, 6.07) is 12.9. The van der Waals surface area contributed by atoms with Gasteiger partial charge in [-0.15, -0.1) is 0 Å². The number of ether oxygens (including phenoxy) is 2. The van der Waals surface area contributed by atoms with Crippen molar-refractivity contribution >= 4 is 11.7 Å². The van der Waals surface area contributed by atoms with Crippen LogP contribution < -0.4 is 9.47 Å². The summed E-state index contributed by atoms with van der Waals surface area (Å²) in [5.74, 6) is 1.25. The lowest BCUT2D eigenvalue weighted by molar-refractivity contribution is 0.0427. The minimum atomic E-state index is -0.628. The molecule has 0 bridgehead atoms. The van der Waals surface area contributed by atoms with Gasteiger partial charge in [0, 0.05) is 18.5 Å². The number of fused-ring (bicyclic) bond motifs is 1. The number of benzene rings is 2. The van der Waals surface area contributed by atoms with Crippen LogP contribution in [-0.2, 0) is 0 Å². The quantitative estimate of drug-likeness (QED) is 0.833. The molecule has 1 spiro atoms. The average molecular weight is 351 g/mol. The zero-order valence-corrected chi connectivity index (χ0v) is 15.0. The Balaban J connectivity index is 1.57. The first-order valence-corrected chi connectivity index (χ1v) is 8.76. The number of likely N-dealkylation sites (tertiary alicyclic amines) is 1. The van der Waals surface area contributed by atoms with E-state index >= 15 is 0 Å². The van der Waals surface area contributed by atoms with Gasteiger partial charge in [-0.1, -0.05) is 18.2 Å². The highest BCUT2D eigenvalue weighted by molar-refractivity contribution is 6.01. The zero-order valence-electron chi connectivity index (χ0n) is 15.0. The molecule has 2 aliphatic rings. The van der Waals surface area contributed by atoms with Crippen molar-refractivity contribution in [2.75, 3.05) is 20.2 Å². The molecule has 1 atom stereocenters. The van der Waals surface area contributed by atoms with Crippen molar-refractivity contribution in [3.63, 3.8) is 0 Å². The number of amides is 1. The standard InChI is InChI=1S/C21H21NO4/c1-14-5-3-4-6-16(14)20(24)22-10-9-21(13-22)12-18(23)17-11-15(25-2)7-8-19(17)26-21/h3-8,11H,9-10,12-13H2,1-2H3. The highest BCUT2D eigenvalue weighted by Gasteiger charge is 2.47. The number of carbonyl (C=O) groups is 2. The molecular formula is C21H21NO4. The number of ketones is 1. The van der Waals surface area contributed by atoms with Crippen LogP contribution in [-0.4, -0.2) is 42.4 Å². The van der Waals surface area contributed by atoms with Crippen molar-refractivity contribution in [2.24, 2.45) is 0 Å². The number of nitrogens with zero attached hydrogens (tertiary/aromatic N) is 1. The highest BCUT2D eigenvalue weighted by atomic mass is 16.5. The first-order valence-electron chi connectivity index (χ1n) is 8.76. The lowest BCUT2D eigenvalue weighted by atomic mass is 9.89. The zero-order chi connectivity index (χ0) is 18.3. The molecule has 5 heteroatoms. The molecule has 2 aliphatic heterocycles. The number of aryl methyl sites for hydroxylation is 1. The van der Waals surface area contributed by atoms with Crippen molar-refractivity contribution in [1.29, 1.82) is 0 Å². The van der Waals surface area contributed by atoms with Gasteiger partial charge in [-0.25, -0.2) is 0 Å². The molecule has 1 unspecified atom stereocenters. The van der Waals surface area contributed by atoms with Crippen LogP contribution in [0.15, 0.2) is 42.5 Å². The molecule has 0 N–H and O–H groups in total. The van der Waals surface area contributed by atoms with E-state index in [0.29, 0.717) is 42.1 Å². The lowest BCUT2D eigenvalue weighted by Crippen LogP contribution is -2.45. The normalized spacial score (nSPS) is 21.5. The Kier molecular flexibility index (Phi) is 3.94. The van der Waals surface area contributed by atoms with Crippen molar-refractivity contribution in [3.8, 4) is 11.5 Å². The van der Waals surface area contributed by atoms with E-state index in [9.17, 15) is 9.59 Å². The van der Waals surface area contributed by atoms with E-state index in [4.69, 9.17) is 9.47 Å². The number of carbonyl (C=O) groups excluding carboxylic acids is 2. The molecule has 1 saturated heterocycles. The van der Waals surface area contributed by atoms with E-state index in [1.54, 1.807) is 30.2 Å².